The Bertz CT molecular complexity index is 1420. The number of hydrogen-bond donors (Lipinski definition) is 3. The largest absolute Gasteiger partial charge is 0.496 e. The van der Waals surface area contributed by atoms with Crippen molar-refractivity contribution in [1.82, 2.24) is 10.2 Å². The molecule has 2 aromatic carbocycles. The second-order valence-corrected chi connectivity index (χ2v) is 12.5. The van der Waals surface area contributed by atoms with E-state index in [1.165, 1.54) is 12.1 Å². The highest BCUT2D eigenvalue weighted by Crippen LogP contribution is 2.46. The maximum absolute atomic E-state index is 14.7. The fraction of sp³-hybridized carbons (Fsp3) is 0.500. The highest BCUT2D eigenvalue weighted by atomic mass is 19.1. The first-order valence-electron chi connectivity index (χ1n) is 16.0. The van der Waals surface area contributed by atoms with Crippen LogP contribution in [0.2, 0.25) is 0 Å². The van der Waals surface area contributed by atoms with E-state index in [4.69, 9.17) is 10.5 Å². The molecular formula is C36H47F2N3O4. The lowest BCUT2D eigenvalue weighted by atomic mass is 9.63. The fourth-order valence-electron chi connectivity index (χ4n) is 7.25. The summed E-state index contributed by atoms with van der Waals surface area (Å²) in [5, 5.41) is 15.6. The number of ether oxygens (including phenoxy) is 1. The van der Waals surface area contributed by atoms with Crippen LogP contribution in [0, 0.1) is 23.0 Å². The molecule has 0 radical (unpaired) electrons. The summed E-state index contributed by atoms with van der Waals surface area (Å²) in [6, 6.07) is 9.17. The van der Waals surface area contributed by atoms with E-state index in [2.05, 4.69) is 11.4 Å². The van der Waals surface area contributed by atoms with E-state index in [9.17, 15) is 23.5 Å². The molecule has 0 aromatic heterocycles. The normalized spacial score (nSPS) is 20.8. The molecule has 2 aliphatic rings. The monoisotopic (exact) mass is 623 g/mol. The van der Waals surface area contributed by atoms with Gasteiger partial charge in [0, 0.05) is 43.2 Å². The average molecular weight is 624 g/mol. The number of rotatable bonds is 14. The third-order valence-electron chi connectivity index (χ3n) is 9.12. The molecule has 0 heterocycles. The summed E-state index contributed by atoms with van der Waals surface area (Å²) in [6.07, 6.45) is 6.47. The molecule has 45 heavy (non-hydrogen) atoms. The zero-order valence-corrected chi connectivity index (χ0v) is 26.9. The topological polar surface area (TPSA) is 105 Å². The molecule has 0 saturated heterocycles. The van der Waals surface area contributed by atoms with Gasteiger partial charge >= 0.3 is 0 Å². The smallest absolute Gasteiger partial charge is 0.244 e. The molecule has 0 fully saturated rings. The SMILES string of the molecule is CCCN(CCC)C(=O)C1([C@H](Cc2cc(F)cc(F)c2)[C@@H](O)CNC2CCCc3c(OC)cccc32)C=C(C)C=C(C(N)=O)C1. The maximum atomic E-state index is 14.7. The Balaban J connectivity index is 1.78. The molecule has 0 aliphatic heterocycles. The van der Waals surface area contributed by atoms with Gasteiger partial charge in [-0.2, -0.15) is 0 Å². The molecule has 2 aliphatic carbocycles. The van der Waals surface area contributed by atoms with Crippen LogP contribution in [0.5, 0.6) is 5.75 Å². The predicted octanol–water partition coefficient (Wildman–Crippen LogP) is 5.56. The number of amides is 2. The van der Waals surface area contributed by atoms with Crippen LogP contribution in [0.3, 0.4) is 0 Å². The van der Waals surface area contributed by atoms with Crippen molar-refractivity contribution in [2.45, 2.75) is 77.9 Å². The van der Waals surface area contributed by atoms with Gasteiger partial charge in [0.15, 0.2) is 0 Å². The van der Waals surface area contributed by atoms with Crippen LogP contribution in [0.1, 0.15) is 75.6 Å². The molecule has 0 bridgehead atoms. The number of halogens is 2. The molecule has 4 rings (SSSR count). The quantitative estimate of drug-likeness (QED) is 0.256. The fourth-order valence-corrected chi connectivity index (χ4v) is 7.25. The van der Waals surface area contributed by atoms with Crippen molar-refractivity contribution in [1.29, 1.82) is 0 Å². The number of carbonyl (C=O) groups excluding carboxylic acids is 2. The van der Waals surface area contributed by atoms with Gasteiger partial charge in [-0.15, -0.1) is 0 Å². The van der Waals surface area contributed by atoms with E-state index in [1.54, 1.807) is 25.0 Å². The molecule has 2 aromatic rings. The van der Waals surface area contributed by atoms with Gasteiger partial charge in [0.05, 0.1) is 18.6 Å². The van der Waals surface area contributed by atoms with Crippen molar-refractivity contribution in [3.8, 4) is 5.75 Å². The van der Waals surface area contributed by atoms with Crippen LogP contribution in [0.15, 0.2) is 59.7 Å². The number of primary amides is 1. The predicted molar refractivity (Wildman–Crippen MR) is 171 cm³/mol. The third-order valence-corrected chi connectivity index (χ3v) is 9.12. The highest BCUT2D eigenvalue weighted by Gasteiger charge is 2.50. The lowest BCUT2D eigenvalue weighted by Gasteiger charge is -2.45. The van der Waals surface area contributed by atoms with E-state index in [0.717, 1.165) is 55.0 Å². The first kappa shape index (κ1) is 34.3. The summed E-state index contributed by atoms with van der Waals surface area (Å²) in [5.41, 5.74) is 7.91. The molecule has 0 spiro atoms. The van der Waals surface area contributed by atoms with E-state index in [-0.39, 0.29) is 36.9 Å². The number of fused-ring (bicyclic) bond motifs is 1. The maximum Gasteiger partial charge on any atom is 0.244 e. The molecule has 0 saturated carbocycles. The third kappa shape index (κ3) is 7.82. The van der Waals surface area contributed by atoms with Crippen LogP contribution in [0.25, 0.3) is 0 Å². The first-order valence-corrected chi connectivity index (χ1v) is 16.0. The van der Waals surface area contributed by atoms with E-state index >= 15 is 0 Å². The first-order chi connectivity index (χ1) is 21.5. The minimum atomic E-state index is -1.38. The number of benzene rings is 2. The Morgan fingerprint density at radius 3 is 2.47 bits per heavy atom. The zero-order chi connectivity index (χ0) is 32.7. The lowest BCUT2D eigenvalue weighted by molar-refractivity contribution is -0.145. The molecule has 9 heteroatoms. The van der Waals surface area contributed by atoms with Gasteiger partial charge < -0.3 is 25.8 Å². The Morgan fingerprint density at radius 1 is 1.16 bits per heavy atom. The molecule has 2 unspecified atom stereocenters. The number of nitrogens with two attached hydrogens (primary N) is 1. The van der Waals surface area contributed by atoms with Crippen LogP contribution in [-0.4, -0.2) is 54.7 Å². The molecule has 244 valence electrons. The standard InChI is InChI=1S/C36H47F2N3O4/c1-5-13-41(14-6-2)35(44)36(20-23(3)15-25(21-36)34(39)43)30(18-24-16-26(37)19-27(38)17-24)32(42)22-40-31-11-7-10-29-28(31)9-8-12-33(29)45-4/h8-9,12,15-17,19-20,30-32,40,42H,5-7,10-11,13-14,18,21-22H2,1-4H3,(H2,39,43)/t30-,31?,32+,36?/m1/s1. The summed E-state index contributed by atoms with van der Waals surface area (Å²) >= 11 is 0. The van der Waals surface area contributed by atoms with Crippen molar-refractivity contribution >= 4 is 11.8 Å². The summed E-state index contributed by atoms with van der Waals surface area (Å²) in [5.74, 6) is -2.37. The number of nitrogens with zero attached hydrogens (tertiary/aromatic N) is 1. The van der Waals surface area contributed by atoms with E-state index in [1.807, 2.05) is 32.1 Å². The molecule has 2 amide bonds. The molecule has 4 atom stereocenters. The summed E-state index contributed by atoms with van der Waals surface area (Å²) in [4.78, 5) is 29.1. The van der Waals surface area contributed by atoms with Gasteiger partial charge in [-0.05, 0) is 86.8 Å². The van der Waals surface area contributed by atoms with Crippen molar-refractivity contribution in [2.24, 2.45) is 17.1 Å². The van der Waals surface area contributed by atoms with Gasteiger partial charge in [0.25, 0.3) is 0 Å². The van der Waals surface area contributed by atoms with Crippen molar-refractivity contribution in [2.75, 3.05) is 26.7 Å². The number of carbonyl (C=O) groups is 2. The summed E-state index contributed by atoms with van der Waals surface area (Å²) in [7, 11) is 1.65. The zero-order valence-electron chi connectivity index (χ0n) is 26.9. The Morgan fingerprint density at radius 2 is 1.84 bits per heavy atom. The van der Waals surface area contributed by atoms with Gasteiger partial charge in [-0.1, -0.05) is 43.7 Å². The second kappa shape index (κ2) is 15.1. The Hall–Kier alpha value is -3.56. The van der Waals surface area contributed by atoms with Crippen molar-refractivity contribution in [3.63, 3.8) is 0 Å². The number of aliphatic hydroxyl groups excluding tert-OH is 1. The van der Waals surface area contributed by atoms with Crippen LogP contribution >= 0.6 is 0 Å². The number of allylic oxidation sites excluding steroid dienone is 2. The Kier molecular flexibility index (Phi) is 11.6. The van der Waals surface area contributed by atoms with E-state index in [0.29, 0.717) is 24.2 Å². The van der Waals surface area contributed by atoms with Gasteiger partial charge in [0.2, 0.25) is 11.8 Å². The minimum absolute atomic E-state index is 0.000253. The van der Waals surface area contributed by atoms with Crippen LogP contribution < -0.4 is 15.8 Å². The minimum Gasteiger partial charge on any atom is -0.496 e. The van der Waals surface area contributed by atoms with Crippen LogP contribution in [-0.2, 0) is 22.4 Å². The van der Waals surface area contributed by atoms with Crippen molar-refractivity contribution in [3.05, 3.63) is 88.0 Å². The number of methoxy groups -OCH3 is 1. The number of aliphatic hydroxyl groups is 1. The summed E-state index contributed by atoms with van der Waals surface area (Å²) in [6.45, 7) is 6.87. The van der Waals surface area contributed by atoms with Crippen molar-refractivity contribution < 1.29 is 28.2 Å². The molecule has 7 nitrogen and oxygen atoms in total. The van der Waals surface area contributed by atoms with Crippen LogP contribution in [0.4, 0.5) is 8.78 Å². The number of nitrogens with one attached hydrogen (secondary N) is 1. The van der Waals surface area contributed by atoms with Gasteiger partial charge in [-0.25, -0.2) is 8.78 Å². The average Bonchev–Trinajstić information content (AvgIpc) is 3.00. The summed E-state index contributed by atoms with van der Waals surface area (Å²) < 4.78 is 34.5. The highest BCUT2D eigenvalue weighted by molar-refractivity contribution is 5.96. The lowest BCUT2D eigenvalue weighted by Crippen LogP contribution is -2.54. The Labute approximate surface area is 265 Å². The second-order valence-electron chi connectivity index (χ2n) is 12.5. The van der Waals surface area contributed by atoms with E-state index < -0.39 is 35.0 Å². The molecular weight excluding hydrogens is 576 g/mol. The van der Waals surface area contributed by atoms with Gasteiger partial charge in [0.1, 0.15) is 17.4 Å². The van der Waals surface area contributed by atoms with Gasteiger partial charge in [-0.3, -0.25) is 9.59 Å². The molecule has 4 N–H and O–H groups in total. The number of hydrogen-bond acceptors (Lipinski definition) is 5.